The van der Waals surface area contributed by atoms with Gasteiger partial charge in [0.25, 0.3) is 5.91 Å². The summed E-state index contributed by atoms with van der Waals surface area (Å²) in [4.78, 5) is 23.2. The molecular formula is C23H31FN6O2. The second-order valence-electron chi connectivity index (χ2n) is 7.36. The van der Waals surface area contributed by atoms with E-state index in [-0.39, 0.29) is 17.8 Å². The number of halogens is 1. The molecule has 2 aromatic rings. The van der Waals surface area contributed by atoms with Crippen LogP contribution in [0.4, 0.5) is 4.39 Å². The normalized spacial score (nSPS) is 15.8. The molecule has 1 saturated heterocycles. The van der Waals surface area contributed by atoms with Gasteiger partial charge in [-0.05, 0) is 36.8 Å². The number of aromatic nitrogens is 1. The van der Waals surface area contributed by atoms with Crippen LogP contribution in [0.2, 0.25) is 0 Å². The molecule has 32 heavy (non-hydrogen) atoms. The predicted octanol–water partition coefficient (Wildman–Crippen LogP) is 1.58. The third kappa shape index (κ3) is 7.28. The van der Waals surface area contributed by atoms with E-state index in [9.17, 15) is 9.18 Å². The molecule has 1 amide bonds. The van der Waals surface area contributed by atoms with Crippen LogP contribution in [0.25, 0.3) is 0 Å². The van der Waals surface area contributed by atoms with Gasteiger partial charge in [0.15, 0.2) is 5.96 Å². The van der Waals surface area contributed by atoms with Gasteiger partial charge in [-0.2, -0.15) is 0 Å². The Morgan fingerprint density at radius 2 is 1.91 bits per heavy atom. The van der Waals surface area contributed by atoms with Crippen molar-refractivity contribution in [1.82, 2.24) is 25.8 Å². The number of hydrogen-bond donors (Lipinski definition) is 3. The van der Waals surface area contributed by atoms with E-state index >= 15 is 0 Å². The number of benzene rings is 1. The number of aliphatic imine (C=N–C) groups is 1. The summed E-state index contributed by atoms with van der Waals surface area (Å²) < 4.78 is 18.9. The molecule has 0 aliphatic carbocycles. The van der Waals surface area contributed by atoms with E-state index < -0.39 is 0 Å². The third-order valence-corrected chi connectivity index (χ3v) is 5.13. The van der Waals surface area contributed by atoms with Crippen molar-refractivity contribution in [3.63, 3.8) is 0 Å². The largest absolute Gasteiger partial charge is 0.379 e. The number of ether oxygens (including phenoxy) is 1. The summed E-state index contributed by atoms with van der Waals surface area (Å²) in [5.41, 5.74) is 1.55. The van der Waals surface area contributed by atoms with Crippen molar-refractivity contribution in [3.05, 3.63) is 65.7 Å². The van der Waals surface area contributed by atoms with Crippen LogP contribution in [0.15, 0.2) is 53.8 Å². The van der Waals surface area contributed by atoms with E-state index in [1.54, 1.807) is 18.3 Å². The molecule has 9 heteroatoms. The molecule has 0 radical (unpaired) electrons. The lowest BCUT2D eigenvalue weighted by Gasteiger charge is -2.34. The summed E-state index contributed by atoms with van der Waals surface area (Å²) in [5.74, 6) is 0.260. The third-order valence-electron chi connectivity index (χ3n) is 5.13. The molecule has 172 valence electrons. The molecular weight excluding hydrogens is 411 g/mol. The molecule has 8 nitrogen and oxygen atoms in total. The molecule has 1 aliphatic heterocycles. The highest BCUT2D eigenvalue weighted by Gasteiger charge is 2.22. The lowest BCUT2D eigenvalue weighted by Crippen LogP contribution is -2.43. The number of hydrogen-bond acceptors (Lipinski definition) is 5. The Balaban J connectivity index is 1.57. The van der Waals surface area contributed by atoms with Gasteiger partial charge in [-0.1, -0.05) is 12.1 Å². The van der Waals surface area contributed by atoms with Gasteiger partial charge in [0, 0.05) is 45.1 Å². The number of nitrogens with one attached hydrogen (secondary N) is 3. The summed E-state index contributed by atoms with van der Waals surface area (Å²) in [5, 5.41) is 9.35. The zero-order valence-electron chi connectivity index (χ0n) is 18.4. The van der Waals surface area contributed by atoms with Crippen molar-refractivity contribution in [2.45, 2.75) is 13.0 Å². The van der Waals surface area contributed by atoms with Crippen LogP contribution in [0.5, 0.6) is 0 Å². The summed E-state index contributed by atoms with van der Waals surface area (Å²) >= 11 is 0. The number of pyridine rings is 1. The van der Waals surface area contributed by atoms with Gasteiger partial charge in [-0.25, -0.2) is 4.39 Å². The van der Waals surface area contributed by atoms with Crippen LogP contribution < -0.4 is 16.0 Å². The van der Waals surface area contributed by atoms with Crippen LogP contribution in [0.1, 0.15) is 28.9 Å². The van der Waals surface area contributed by atoms with E-state index in [0.717, 1.165) is 18.7 Å². The molecule has 0 saturated carbocycles. The topological polar surface area (TPSA) is 90.9 Å². The van der Waals surface area contributed by atoms with Crippen LogP contribution in [-0.4, -0.2) is 74.2 Å². The van der Waals surface area contributed by atoms with Gasteiger partial charge in [0.1, 0.15) is 5.82 Å². The number of carbonyl (C=O) groups excluding carboxylic acids is 1. The number of guanidine groups is 1. The zero-order chi connectivity index (χ0) is 22.6. The Labute approximate surface area is 188 Å². The Bertz CT molecular complexity index is 857. The van der Waals surface area contributed by atoms with E-state index in [4.69, 9.17) is 9.73 Å². The monoisotopic (exact) mass is 442 g/mol. The van der Waals surface area contributed by atoms with Crippen LogP contribution in [0.3, 0.4) is 0 Å². The van der Waals surface area contributed by atoms with Crippen molar-refractivity contribution in [2.75, 3.05) is 52.5 Å². The first-order valence-electron chi connectivity index (χ1n) is 10.9. The molecule has 1 aliphatic rings. The number of nitrogens with zero attached hydrogens (tertiary/aromatic N) is 3. The molecule has 1 atom stereocenters. The second-order valence-corrected chi connectivity index (χ2v) is 7.36. The summed E-state index contributed by atoms with van der Waals surface area (Å²) in [6, 6.07) is 10.1. The molecule has 1 aromatic carbocycles. The number of amides is 1. The smallest absolute Gasteiger partial charge is 0.252 e. The summed E-state index contributed by atoms with van der Waals surface area (Å²) in [6.45, 7) is 7.17. The van der Waals surface area contributed by atoms with Crippen LogP contribution in [-0.2, 0) is 4.74 Å². The van der Waals surface area contributed by atoms with Crippen molar-refractivity contribution in [2.24, 2.45) is 4.99 Å². The van der Waals surface area contributed by atoms with Crippen LogP contribution >= 0.6 is 0 Å². The lowest BCUT2D eigenvalue weighted by atomic mass is 10.0. The molecule has 3 rings (SSSR count). The molecule has 0 bridgehead atoms. The standard InChI is InChI=1S/C23H31FN6O2/c1-2-26-23(28-11-10-27-22(31)19-4-3-9-25-16-19)29-17-21(30-12-14-32-15-13-30)18-5-7-20(24)8-6-18/h3-9,16,21H,2,10-15,17H2,1H3,(H,27,31)(H2,26,28,29). The first-order chi connectivity index (χ1) is 15.7. The Hall–Kier alpha value is -3.04. The summed E-state index contributed by atoms with van der Waals surface area (Å²) in [6.07, 6.45) is 3.17. The van der Waals surface area contributed by atoms with Crippen LogP contribution in [0, 0.1) is 5.82 Å². The van der Waals surface area contributed by atoms with Crippen molar-refractivity contribution >= 4 is 11.9 Å². The Morgan fingerprint density at radius 3 is 2.59 bits per heavy atom. The maximum absolute atomic E-state index is 13.4. The Kier molecular flexibility index (Phi) is 9.39. The fourth-order valence-electron chi connectivity index (χ4n) is 3.48. The first kappa shape index (κ1) is 23.6. The van der Waals surface area contributed by atoms with Crippen molar-refractivity contribution < 1.29 is 13.9 Å². The first-order valence-corrected chi connectivity index (χ1v) is 10.9. The predicted molar refractivity (Wildman–Crippen MR) is 122 cm³/mol. The number of morpholine rings is 1. The average Bonchev–Trinajstić information content (AvgIpc) is 2.84. The van der Waals surface area contributed by atoms with Gasteiger partial charge >= 0.3 is 0 Å². The highest BCUT2D eigenvalue weighted by molar-refractivity contribution is 5.93. The highest BCUT2D eigenvalue weighted by atomic mass is 19.1. The SMILES string of the molecule is CCNC(=NCC(c1ccc(F)cc1)N1CCOCC1)NCCNC(=O)c1cccnc1. The minimum Gasteiger partial charge on any atom is -0.379 e. The van der Waals surface area contributed by atoms with E-state index in [2.05, 4.69) is 25.8 Å². The number of rotatable bonds is 9. The molecule has 1 aromatic heterocycles. The summed E-state index contributed by atoms with van der Waals surface area (Å²) in [7, 11) is 0. The molecule has 2 heterocycles. The maximum Gasteiger partial charge on any atom is 0.252 e. The van der Waals surface area contributed by atoms with E-state index in [1.165, 1.54) is 18.3 Å². The van der Waals surface area contributed by atoms with Gasteiger partial charge in [-0.3, -0.25) is 19.7 Å². The average molecular weight is 443 g/mol. The fraction of sp³-hybridized carbons (Fsp3) is 0.435. The van der Waals surface area contributed by atoms with Gasteiger partial charge < -0.3 is 20.7 Å². The highest BCUT2D eigenvalue weighted by Crippen LogP contribution is 2.22. The lowest BCUT2D eigenvalue weighted by molar-refractivity contribution is 0.0179. The fourth-order valence-corrected chi connectivity index (χ4v) is 3.48. The maximum atomic E-state index is 13.4. The molecule has 1 fully saturated rings. The van der Waals surface area contributed by atoms with E-state index in [1.807, 2.05) is 19.1 Å². The molecule has 3 N–H and O–H groups in total. The van der Waals surface area contributed by atoms with Gasteiger partial charge in [0.05, 0.1) is 31.4 Å². The minimum absolute atomic E-state index is 0.0280. The second kappa shape index (κ2) is 12.7. The molecule has 0 spiro atoms. The quantitative estimate of drug-likeness (QED) is 0.310. The zero-order valence-corrected chi connectivity index (χ0v) is 18.4. The van der Waals surface area contributed by atoms with Crippen molar-refractivity contribution in [3.8, 4) is 0 Å². The minimum atomic E-state index is -0.249. The Morgan fingerprint density at radius 1 is 1.16 bits per heavy atom. The number of carbonyl (C=O) groups is 1. The van der Waals surface area contributed by atoms with Gasteiger partial charge in [0.2, 0.25) is 0 Å². The van der Waals surface area contributed by atoms with Gasteiger partial charge in [-0.15, -0.1) is 0 Å². The van der Waals surface area contributed by atoms with E-state index in [0.29, 0.717) is 50.9 Å². The van der Waals surface area contributed by atoms with Crippen molar-refractivity contribution in [1.29, 1.82) is 0 Å². The molecule has 1 unspecified atom stereocenters.